The second-order valence-electron chi connectivity index (χ2n) is 5.83. The molecular weight excluding hydrogens is 282 g/mol. The number of furan rings is 1. The van der Waals surface area contributed by atoms with Crippen LogP contribution in [0.2, 0.25) is 0 Å². The average Bonchev–Trinajstić information content (AvgIpc) is 3.19. The lowest BCUT2D eigenvalue weighted by atomic mass is 10.2. The molecule has 0 aliphatic carbocycles. The molecule has 1 aromatic heterocycles. The third-order valence-corrected chi connectivity index (χ3v) is 4.04. The van der Waals surface area contributed by atoms with Crippen LogP contribution in [0.5, 0.6) is 0 Å². The Morgan fingerprint density at radius 2 is 2.05 bits per heavy atom. The van der Waals surface area contributed by atoms with Gasteiger partial charge in [0, 0.05) is 12.6 Å². The smallest absolute Gasteiger partial charge is 0.255 e. The summed E-state index contributed by atoms with van der Waals surface area (Å²) in [5.74, 6) is -0.452. The van der Waals surface area contributed by atoms with Crippen LogP contribution in [0.3, 0.4) is 0 Å². The zero-order valence-electron chi connectivity index (χ0n) is 13.3. The summed E-state index contributed by atoms with van der Waals surface area (Å²) in [6.07, 6.45) is 6.15. The molecule has 0 saturated carbocycles. The molecule has 0 spiro atoms. The third-order valence-electron chi connectivity index (χ3n) is 4.04. The first kappa shape index (κ1) is 16.5. The van der Waals surface area contributed by atoms with Crippen molar-refractivity contribution in [2.75, 3.05) is 19.6 Å². The Morgan fingerprint density at radius 1 is 1.32 bits per heavy atom. The quantitative estimate of drug-likeness (QED) is 0.798. The molecule has 22 heavy (non-hydrogen) atoms. The monoisotopic (exact) mass is 307 g/mol. The van der Waals surface area contributed by atoms with E-state index < -0.39 is 6.04 Å². The fraction of sp³-hybridized carbons (Fsp3) is 0.625. The predicted molar refractivity (Wildman–Crippen MR) is 83.5 cm³/mol. The van der Waals surface area contributed by atoms with Crippen molar-refractivity contribution >= 4 is 11.8 Å². The molecule has 122 valence electrons. The number of amides is 2. The Hall–Kier alpha value is -1.82. The van der Waals surface area contributed by atoms with Crippen LogP contribution >= 0.6 is 0 Å². The number of likely N-dealkylation sites (tertiary alicyclic amines) is 1. The Bertz CT molecular complexity index is 481. The van der Waals surface area contributed by atoms with Crippen molar-refractivity contribution in [2.24, 2.45) is 0 Å². The van der Waals surface area contributed by atoms with Gasteiger partial charge in [-0.1, -0.05) is 6.92 Å². The van der Waals surface area contributed by atoms with Crippen LogP contribution in [0.15, 0.2) is 23.0 Å². The highest BCUT2D eigenvalue weighted by Crippen LogP contribution is 2.09. The minimum absolute atomic E-state index is 0.124. The van der Waals surface area contributed by atoms with Gasteiger partial charge in [0.1, 0.15) is 12.3 Å². The molecule has 2 unspecified atom stereocenters. The normalized spacial score (nSPS) is 17.9. The van der Waals surface area contributed by atoms with Gasteiger partial charge in [0.15, 0.2) is 0 Å². The molecule has 2 amide bonds. The molecule has 1 aliphatic heterocycles. The van der Waals surface area contributed by atoms with E-state index in [0.717, 1.165) is 26.1 Å². The van der Waals surface area contributed by atoms with Gasteiger partial charge in [0.2, 0.25) is 5.91 Å². The van der Waals surface area contributed by atoms with Crippen molar-refractivity contribution < 1.29 is 14.0 Å². The number of nitrogens with one attached hydrogen (secondary N) is 2. The Labute approximate surface area is 131 Å². The van der Waals surface area contributed by atoms with Gasteiger partial charge in [0.25, 0.3) is 5.91 Å². The maximum absolute atomic E-state index is 12.2. The summed E-state index contributed by atoms with van der Waals surface area (Å²) in [6, 6.07) is 1.12. The maximum atomic E-state index is 12.2. The van der Waals surface area contributed by atoms with E-state index in [2.05, 4.69) is 22.5 Å². The molecule has 2 heterocycles. The number of hydrogen-bond donors (Lipinski definition) is 2. The van der Waals surface area contributed by atoms with Crippen molar-refractivity contribution in [3.8, 4) is 0 Å². The average molecular weight is 307 g/mol. The van der Waals surface area contributed by atoms with Crippen LogP contribution in [-0.2, 0) is 4.79 Å². The minimum Gasteiger partial charge on any atom is -0.472 e. The van der Waals surface area contributed by atoms with Crippen molar-refractivity contribution in [1.82, 2.24) is 15.5 Å². The maximum Gasteiger partial charge on any atom is 0.255 e. The van der Waals surface area contributed by atoms with E-state index in [0.29, 0.717) is 5.56 Å². The molecule has 0 aromatic carbocycles. The summed E-state index contributed by atoms with van der Waals surface area (Å²) in [5.41, 5.74) is 0.420. The van der Waals surface area contributed by atoms with E-state index in [9.17, 15) is 9.59 Å². The highest BCUT2D eigenvalue weighted by atomic mass is 16.3. The number of hydrogen-bond acceptors (Lipinski definition) is 4. The van der Waals surface area contributed by atoms with Gasteiger partial charge in [0.05, 0.1) is 11.8 Å². The summed E-state index contributed by atoms with van der Waals surface area (Å²) in [4.78, 5) is 26.5. The molecule has 2 rings (SSSR count). The number of nitrogens with zero attached hydrogens (tertiary/aromatic N) is 1. The Morgan fingerprint density at radius 3 is 2.64 bits per heavy atom. The van der Waals surface area contributed by atoms with Crippen LogP contribution in [0.1, 0.15) is 43.5 Å². The van der Waals surface area contributed by atoms with Crippen molar-refractivity contribution in [3.05, 3.63) is 24.2 Å². The predicted octanol–water partition coefficient (Wildman–Crippen LogP) is 1.39. The molecule has 0 bridgehead atoms. The van der Waals surface area contributed by atoms with Crippen LogP contribution < -0.4 is 10.6 Å². The summed E-state index contributed by atoms with van der Waals surface area (Å²) in [7, 11) is 0. The number of rotatable bonds is 7. The van der Waals surface area contributed by atoms with Crippen LogP contribution in [0.4, 0.5) is 0 Å². The summed E-state index contributed by atoms with van der Waals surface area (Å²) in [6.45, 7) is 6.86. The van der Waals surface area contributed by atoms with Gasteiger partial charge in [-0.2, -0.15) is 0 Å². The van der Waals surface area contributed by atoms with Crippen molar-refractivity contribution in [2.45, 2.75) is 45.2 Å². The van der Waals surface area contributed by atoms with E-state index in [-0.39, 0.29) is 17.9 Å². The largest absolute Gasteiger partial charge is 0.472 e. The first-order valence-corrected chi connectivity index (χ1v) is 7.96. The molecule has 6 nitrogen and oxygen atoms in total. The molecule has 1 fully saturated rings. The second-order valence-corrected chi connectivity index (χ2v) is 5.83. The zero-order valence-corrected chi connectivity index (χ0v) is 13.3. The van der Waals surface area contributed by atoms with Gasteiger partial charge in [-0.05, 0) is 45.3 Å². The molecule has 1 saturated heterocycles. The van der Waals surface area contributed by atoms with Gasteiger partial charge in [-0.15, -0.1) is 0 Å². The lowest BCUT2D eigenvalue weighted by Gasteiger charge is -2.25. The number of carbonyl (C=O) groups excluding carboxylic acids is 2. The van der Waals surface area contributed by atoms with Crippen LogP contribution in [0.25, 0.3) is 0 Å². The van der Waals surface area contributed by atoms with E-state index in [1.54, 1.807) is 13.0 Å². The highest BCUT2D eigenvalue weighted by Gasteiger charge is 2.22. The first-order valence-electron chi connectivity index (χ1n) is 7.96. The van der Waals surface area contributed by atoms with E-state index in [1.807, 2.05) is 0 Å². The third kappa shape index (κ3) is 4.59. The molecule has 2 N–H and O–H groups in total. The van der Waals surface area contributed by atoms with E-state index >= 15 is 0 Å². The molecule has 1 aliphatic rings. The van der Waals surface area contributed by atoms with E-state index in [1.165, 1.54) is 25.4 Å². The van der Waals surface area contributed by atoms with Gasteiger partial charge in [-0.25, -0.2) is 0 Å². The standard InChI is InChI=1S/C16H25N3O3/c1-3-14(10-19-7-4-5-8-19)18-15(20)12(2)17-16(21)13-6-9-22-11-13/h6,9,11-12,14H,3-5,7-8,10H2,1-2H3,(H,17,21)(H,18,20). The number of carbonyl (C=O) groups is 2. The lowest BCUT2D eigenvalue weighted by Crippen LogP contribution is -2.50. The Kier molecular flexibility index (Phi) is 6.00. The summed E-state index contributed by atoms with van der Waals surface area (Å²) < 4.78 is 4.87. The second kappa shape index (κ2) is 7.98. The van der Waals surface area contributed by atoms with Crippen molar-refractivity contribution in [3.63, 3.8) is 0 Å². The highest BCUT2D eigenvalue weighted by molar-refractivity contribution is 5.97. The summed E-state index contributed by atoms with van der Waals surface area (Å²) in [5, 5.41) is 5.71. The van der Waals surface area contributed by atoms with Crippen molar-refractivity contribution in [1.29, 1.82) is 0 Å². The molecular formula is C16H25N3O3. The lowest BCUT2D eigenvalue weighted by molar-refractivity contribution is -0.123. The topological polar surface area (TPSA) is 74.6 Å². The minimum atomic E-state index is -0.574. The molecule has 1 aromatic rings. The van der Waals surface area contributed by atoms with Gasteiger partial charge < -0.3 is 20.0 Å². The molecule has 0 radical (unpaired) electrons. The van der Waals surface area contributed by atoms with Gasteiger partial charge >= 0.3 is 0 Å². The van der Waals surface area contributed by atoms with E-state index in [4.69, 9.17) is 4.42 Å². The van der Waals surface area contributed by atoms with Gasteiger partial charge in [-0.3, -0.25) is 9.59 Å². The van der Waals surface area contributed by atoms with Crippen LogP contribution in [0, 0.1) is 0 Å². The van der Waals surface area contributed by atoms with Crippen LogP contribution in [-0.4, -0.2) is 48.4 Å². The zero-order chi connectivity index (χ0) is 15.9. The first-order chi connectivity index (χ1) is 10.6. The molecule has 6 heteroatoms. The molecule has 2 atom stereocenters. The fourth-order valence-electron chi connectivity index (χ4n) is 2.62. The summed E-state index contributed by atoms with van der Waals surface area (Å²) >= 11 is 0. The SMILES string of the molecule is CCC(CN1CCCC1)NC(=O)C(C)NC(=O)c1ccoc1. The Balaban J connectivity index is 1.80. The fourth-order valence-corrected chi connectivity index (χ4v) is 2.62.